The largest absolute Gasteiger partial charge is 0.387 e. The summed E-state index contributed by atoms with van der Waals surface area (Å²) in [7, 11) is 0. The van der Waals surface area contributed by atoms with Crippen molar-refractivity contribution >= 4 is 22.8 Å². The second-order valence-electron chi connectivity index (χ2n) is 4.85. The monoisotopic (exact) mass is 284 g/mol. The molecule has 4 atom stereocenters. The van der Waals surface area contributed by atoms with Gasteiger partial charge in [-0.2, -0.15) is 0 Å². The molecule has 8 heteroatoms. The minimum Gasteiger partial charge on any atom is -0.387 e. The quantitative estimate of drug-likeness (QED) is 0.741. The number of hydrogen-bond acceptors (Lipinski definition) is 6. The first-order valence-corrected chi connectivity index (χ1v) is 6.19. The highest BCUT2D eigenvalue weighted by Gasteiger charge is 2.51. The molecule has 0 aliphatic carbocycles. The van der Waals surface area contributed by atoms with Gasteiger partial charge in [-0.15, -0.1) is 0 Å². The zero-order valence-electron chi connectivity index (χ0n) is 10.4. The Morgan fingerprint density at radius 1 is 1.42 bits per heavy atom. The van der Waals surface area contributed by atoms with E-state index in [9.17, 15) is 10.2 Å². The fourth-order valence-corrected chi connectivity index (χ4v) is 2.56. The molecular formula is C11H13ClN4O3. The second kappa shape index (κ2) is 4.11. The van der Waals surface area contributed by atoms with Crippen LogP contribution in [0.3, 0.4) is 0 Å². The molecular weight excluding hydrogens is 272 g/mol. The molecule has 1 fully saturated rings. The highest BCUT2D eigenvalue weighted by molar-refractivity contribution is 6.33. The Morgan fingerprint density at radius 3 is 2.79 bits per heavy atom. The molecule has 0 saturated carbocycles. The van der Waals surface area contributed by atoms with Gasteiger partial charge in [0.2, 0.25) is 0 Å². The fourth-order valence-electron chi connectivity index (χ4n) is 2.38. The maximum Gasteiger partial charge on any atom is 0.168 e. The summed E-state index contributed by atoms with van der Waals surface area (Å²) in [6, 6.07) is 0. The number of aliphatic hydroxyl groups excluding tert-OH is 1. The molecule has 0 radical (unpaired) electrons. The number of nitrogens with zero attached hydrogens (tertiary/aromatic N) is 4. The smallest absolute Gasteiger partial charge is 0.168 e. The summed E-state index contributed by atoms with van der Waals surface area (Å²) in [5, 5.41) is 20.6. The number of imidazole rings is 1. The summed E-state index contributed by atoms with van der Waals surface area (Å²) in [5.74, 6) is 0. The Hall–Kier alpha value is -1.28. The van der Waals surface area contributed by atoms with Gasteiger partial charge in [-0.25, -0.2) is 15.0 Å². The maximum atomic E-state index is 10.4. The zero-order chi connectivity index (χ0) is 13.8. The van der Waals surface area contributed by atoms with Gasteiger partial charge in [-0.3, -0.25) is 4.57 Å². The molecule has 19 heavy (non-hydrogen) atoms. The maximum absolute atomic E-state index is 10.4. The zero-order valence-corrected chi connectivity index (χ0v) is 11.1. The van der Waals surface area contributed by atoms with E-state index < -0.39 is 24.0 Å². The Morgan fingerprint density at radius 2 is 2.16 bits per heavy atom. The van der Waals surface area contributed by atoms with Gasteiger partial charge in [0.25, 0.3) is 0 Å². The van der Waals surface area contributed by atoms with Gasteiger partial charge >= 0.3 is 0 Å². The van der Waals surface area contributed by atoms with Crippen LogP contribution in [0.2, 0.25) is 5.15 Å². The summed E-state index contributed by atoms with van der Waals surface area (Å²) >= 11 is 5.93. The number of aliphatic hydroxyl groups is 2. The molecule has 0 spiro atoms. The van der Waals surface area contributed by atoms with Crippen LogP contribution in [-0.4, -0.2) is 47.5 Å². The highest BCUT2D eigenvalue weighted by atomic mass is 35.5. The van der Waals surface area contributed by atoms with Crippen molar-refractivity contribution in [3.05, 3.63) is 17.8 Å². The van der Waals surface area contributed by atoms with Crippen LogP contribution < -0.4 is 0 Å². The molecule has 3 heterocycles. The fraction of sp³-hybridized carbons (Fsp3) is 0.545. The van der Waals surface area contributed by atoms with Crippen molar-refractivity contribution < 1.29 is 14.9 Å². The van der Waals surface area contributed by atoms with Crippen molar-refractivity contribution in [1.82, 2.24) is 19.5 Å². The van der Waals surface area contributed by atoms with E-state index in [1.54, 1.807) is 11.5 Å². The lowest BCUT2D eigenvalue weighted by Gasteiger charge is -2.27. The second-order valence-corrected chi connectivity index (χ2v) is 5.21. The third-order valence-corrected chi connectivity index (χ3v) is 3.73. The minimum atomic E-state index is -1.44. The number of fused-ring (bicyclic) bond motifs is 1. The first kappa shape index (κ1) is 12.7. The lowest BCUT2D eigenvalue weighted by Crippen LogP contribution is -2.43. The van der Waals surface area contributed by atoms with Crippen molar-refractivity contribution in [1.29, 1.82) is 0 Å². The molecule has 2 aromatic rings. The van der Waals surface area contributed by atoms with E-state index in [0.29, 0.717) is 11.2 Å². The van der Waals surface area contributed by atoms with Gasteiger partial charge in [0.05, 0.1) is 12.4 Å². The molecule has 0 bridgehead atoms. The van der Waals surface area contributed by atoms with Crippen LogP contribution in [0.5, 0.6) is 0 Å². The molecule has 1 aliphatic rings. The van der Waals surface area contributed by atoms with E-state index in [2.05, 4.69) is 15.0 Å². The molecule has 102 valence electrons. The van der Waals surface area contributed by atoms with Crippen LogP contribution in [0.15, 0.2) is 12.7 Å². The third kappa shape index (κ3) is 1.73. The summed E-state index contributed by atoms with van der Waals surface area (Å²) in [4.78, 5) is 12.0. The average Bonchev–Trinajstić information content (AvgIpc) is 2.86. The van der Waals surface area contributed by atoms with E-state index in [0.717, 1.165) is 0 Å². The normalized spacial score (nSPS) is 35.1. The van der Waals surface area contributed by atoms with Gasteiger partial charge in [-0.05, 0) is 13.8 Å². The van der Waals surface area contributed by atoms with E-state index in [4.69, 9.17) is 16.3 Å². The topological polar surface area (TPSA) is 93.3 Å². The van der Waals surface area contributed by atoms with Gasteiger partial charge in [0.15, 0.2) is 17.0 Å². The van der Waals surface area contributed by atoms with E-state index in [-0.39, 0.29) is 5.15 Å². The lowest BCUT2D eigenvalue weighted by molar-refractivity contribution is -0.0936. The van der Waals surface area contributed by atoms with Crippen molar-refractivity contribution in [3.8, 4) is 0 Å². The van der Waals surface area contributed by atoms with Crippen LogP contribution in [-0.2, 0) is 4.74 Å². The summed E-state index contributed by atoms with van der Waals surface area (Å²) in [6.45, 7) is 3.21. The highest BCUT2D eigenvalue weighted by Crippen LogP contribution is 2.39. The number of aromatic nitrogens is 4. The minimum absolute atomic E-state index is 0.231. The number of rotatable bonds is 1. The van der Waals surface area contributed by atoms with Crippen LogP contribution in [0.25, 0.3) is 11.2 Å². The summed E-state index contributed by atoms with van der Waals surface area (Å²) in [5.41, 5.74) is -0.561. The van der Waals surface area contributed by atoms with Crippen molar-refractivity contribution in [2.24, 2.45) is 0 Å². The van der Waals surface area contributed by atoms with Crippen LogP contribution in [0.4, 0.5) is 0 Å². The van der Waals surface area contributed by atoms with E-state index in [1.807, 2.05) is 0 Å². The Balaban J connectivity index is 2.13. The third-order valence-electron chi connectivity index (χ3n) is 3.45. The SMILES string of the molecule is C[C@H]1O[C@@H](n2cnc3c(Cl)ncnc32)[C@](C)(O)[C@@H]1O. The van der Waals surface area contributed by atoms with Gasteiger partial charge in [-0.1, -0.05) is 11.6 Å². The molecule has 2 N–H and O–H groups in total. The molecule has 0 aromatic carbocycles. The van der Waals surface area contributed by atoms with Crippen LogP contribution >= 0.6 is 11.6 Å². The first-order chi connectivity index (χ1) is 8.93. The van der Waals surface area contributed by atoms with Gasteiger partial charge in [0, 0.05) is 0 Å². The predicted molar refractivity (Wildman–Crippen MR) is 66.5 cm³/mol. The number of halogens is 1. The van der Waals surface area contributed by atoms with E-state index >= 15 is 0 Å². The van der Waals surface area contributed by atoms with E-state index in [1.165, 1.54) is 19.6 Å². The molecule has 1 saturated heterocycles. The molecule has 3 rings (SSSR count). The van der Waals surface area contributed by atoms with Gasteiger partial charge < -0.3 is 14.9 Å². The Bertz CT molecular complexity index is 629. The molecule has 7 nitrogen and oxygen atoms in total. The van der Waals surface area contributed by atoms with Crippen molar-refractivity contribution in [2.75, 3.05) is 0 Å². The summed E-state index contributed by atoms with van der Waals surface area (Å²) < 4.78 is 7.15. The van der Waals surface area contributed by atoms with Crippen molar-refractivity contribution in [2.45, 2.75) is 37.9 Å². The molecule has 2 aromatic heterocycles. The Labute approximate surface area is 113 Å². The first-order valence-electron chi connectivity index (χ1n) is 5.82. The van der Waals surface area contributed by atoms with Crippen molar-refractivity contribution in [3.63, 3.8) is 0 Å². The van der Waals surface area contributed by atoms with Crippen LogP contribution in [0.1, 0.15) is 20.1 Å². The molecule has 0 unspecified atom stereocenters. The standard InChI is InChI=1S/C11H13ClN4O3/c1-5-7(17)11(2,18)10(19-5)16-4-15-6-8(12)13-3-14-9(6)16/h3-5,7,10,17-18H,1-2H3/t5-,7-,10-,11-/m1/s1. The van der Waals surface area contributed by atoms with Gasteiger partial charge in [0.1, 0.15) is 23.5 Å². The lowest BCUT2D eigenvalue weighted by atomic mass is 9.97. The average molecular weight is 285 g/mol. The number of ether oxygens (including phenoxy) is 1. The Kier molecular flexibility index (Phi) is 2.75. The molecule has 1 aliphatic heterocycles. The molecule has 0 amide bonds. The number of hydrogen-bond donors (Lipinski definition) is 2. The predicted octanol–water partition coefficient (Wildman–Crippen LogP) is 0.509. The summed E-state index contributed by atoms with van der Waals surface area (Å²) in [6.07, 6.45) is 0.511. The van der Waals surface area contributed by atoms with Crippen LogP contribution in [0, 0.1) is 0 Å².